The van der Waals surface area contributed by atoms with E-state index in [0.717, 1.165) is 5.57 Å². The van der Waals surface area contributed by atoms with E-state index >= 15 is 0 Å². The summed E-state index contributed by atoms with van der Waals surface area (Å²) in [5.74, 6) is 0.663. The van der Waals surface area contributed by atoms with Crippen LogP contribution < -0.4 is 15.4 Å². The zero-order valence-corrected chi connectivity index (χ0v) is 13.8. The van der Waals surface area contributed by atoms with Crippen molar-refractivity contribution in [2.24, 2.45) is 5.41 Å². The molecule has 1 aromatic rings. The van der Waals surface area contributed by atoms with Gasteiger partial charge in [0.1, 0.15) is 12.4 Å². The predicted molar refractivity (Wildman–Crippen MR) is 89.2 cm³/mol. The molecule has 1 atom stereocenters. The van der Waals surface area contributed by atoms with E-state index in [4.69, 9.17) is 4.74 Å². The van der Waals surface area contributed by atoms with Crippen molar-refractivity contribution in [3.05, 3.63) is 36.4 Å². The summed E-state index contributed by atoms with van der Waals surface area (Å²) in [4.78, 5) is 11.8. The van der Waals surface area contributed by atoms with E-state index in [1.54, 1.807) is 18.2 Å². The first-order valence-electron chi connectivity index (χ1n) is 7.28. The number of benzene rings is 1. The molecule has 1 rings (SSSR count). The summed E-state index contributed by atoms with van der Waals surface area (Å²) in [6.45, 7) is 12.0. The lowest BCUT2D eigenvalue weighted by Crippen LogP contribution is -2.40. The number of hydrogen-bond acceptors (Lipinski definition) is 3. The summed E-state index contributed by atoms with van der Waals surface area (Å²) < 4.78 is 5.52. The first kappa shape index (κ1) is 18.0. The second-order valence-electron chi connectivity index (χ2n) is 6.49. The summed E-state index contributed by atoms with van der Waals surface area (Å²) >= 11 is 0. The van der Waals surface area contributed by atoms with Gasteiger partial charge in [-0.2, -0.15) is 0 Å². The molecule has 3 N–H and O–H groups in total. The Kier molecular flexibility index (Phi) is 6.43. The van der Waals surface area contributed by atoms with Gasteiger partial charge in [0.05, 0.1) is 6.10 Å². The molecule has 0 saturated carbocycles. The molecular weight excluding hydrogens is 280 g/mol. The minimum Gasteiger partial charge on any atom is -0.489 e. The molecule has 0 saturated heterocycles. The molecule has 0 aromatic heterocycles. The van der Waals surface area contributed by atoms with Crippen LogP contribution in [0.25, 0.3) is 0 Å². The Morgan fingerprint density at radius 3 is 2.68 bits per heavy atom. The van der Waals surface area contributed by atoms with Crippen molar-refractivity contribution < 1.29 is 14.6 Å². The van der Waals surface area contributed by atoms with E-state index in [1.807, 2.05) is 33.8 Å². The highest BCUT2D eigenvalue weighted by molar-refractivity contribution is 5.89. The molecule has 122 valence electrons. The topological polar surface area (TPSA) is 70.6 Å². The lowest BCUT2D eigenvalue weighted by molar-refractivity contribution is 0.0654. The zero-order valence-electron chi connectivity index (χ0n) is 13.8. The maximum Gasteiger partial charge on any atom is 0.319 e. The van der Waals surface area contributed by atoms with Gasteiger partial charge in [0.15, 0.2) is 0 Å². The predicted octanol–water partition coefficient (Wildman–Crippen LogP) is 3.17. The Morgan fingerprint density at radius 2 is 2.09 bits per heavy atom. The maximum atomic E-state index is 11.8. The van der Waals surface area contributed by atoms with Gasteiger partial charge in [0.2, 0.25) is 0 Å². The summed E-state index contributed by atoms with van der Waals surface area (Å²) in [7, 11) is 0. The minimum atomic E-state index is -0.608. The third-order valence-electron chi connectivity index (χ3n) is 3.03. The van der Waals surface area contributed by atoms with Crippen LogP contribution in [0, 0.1) is 5.41 Å². The number of anilines is 1. The van der Waals surface area contributed by atoms with Crippen LogP contribution in [0.2, 0.25) is 0 Å². The SMILES string of the molecule is C=C(C)COc1cccc(NC(=O)NCC(O)C(C)(C)C)c1. The molecule has 0 spiro atoms. The highest BCUT2D eigenvalue weighted by Gasteiger charge is 2.22. The second-order valence-corrected chi connectivity index (χ2v) is 6.49. The van der Waals surface area contributed by atoms with E-state index in [0.29, 0.717) is 18.0 Å². The molecule has 0 aliphatic heterocycles. The van der Waals surface area contributed by atoms with Crippen molar-refractivity contribution in [1.82, 2.24) is 5.32 Å². The number of carbonyl (C=O) groups excluding carboxylic acids is 1. The molecule has 5 heteroatoms. The number of ether oxygens (including phenoxy) is 1. The van der Waals surface area contributed by atoms with Gasteiger partial charge in [-0.15, -0.1) is 0 Å². The third-order valence-corrected chi connectivity index (χ3v) is 3.03. The van der Waals surface area contributed by atoms with Gasteiger partial charge >= 0.3 is 6.03 Å². The van der Waals surface area contributed by atoms with Gasteiger partial charge in [-0.3, -0.25) is 0 Å². The van der Waals surface area contributed by atoms with Gasteiger partial charge in [0, 0.05) is 18.3 Å². The average Bonchev–Trinajstić information content (AvgIpc) is 2.42. The normalized spacial score (nSPS) is 12.4. The molecule has 5 nitrogen and oxygen atoms in total. The number of urea groups is 1. The van der Waals surface area contributed by atoms with Crippen molar-refractivity contribution in [1.29, 1.82) is 0 Å². The first-order chi connectivity index (χ1) is 10.2. The maximum absolute atomic E-state index is 11.8. The van der Waals surface area contributed by atoms with Gasteiger partial charge in [0.25, 0.3) is 0 Å². The van der Waals surface area contributed by atoms with Crippen LogP contribution in [0.15, 0.2) is 36.4 Å². The van der Waals surface area contributed by atoms with E-state index in [9.17, 15) is 9.90 Å². The molecule has 0 fully saturated rings. The summed E-state index contributed by atoms with van der Waals surface area (Å²) in [6, 6.07) is 6.76. The average molecular weight is 306 g/mol. The van der Waals surface area contributed by atoms with Crippen LogP contribution in [0.1, 0.15) is 27.7 Å². The number of aliphatic hydroxyl groups is 1. The van der Waals surface area contributed by atoms with Crippen molar-refractivity contribution in [3.8, 4) is 5.75 Å². The standard InChI is InChI=1S/C17H26N2O3/c1-12(2)11-22-14-8-6-7-13(9-14)19-16(21)18-10-15(20)17(3,4)5/h6-9,15,20H,1,10-11H2,2-5H3,(H2,18,19,21). The lowest BCUT2D eigenvalue weighted by Gasteiger charge is -2.25. The summed E-state index contributed by atoms with van der Waals surface area (Å²) in [6.07, 6.45) is -0.608. The van der Waals surface area contributed by atoms with Gasteiger partial charge in [-0.25, -0.2) is 4.79 Å². The third kappa shape index (κ3) is 6.63. The largest absolute Gasteiger partial charge is 0.489 e. The number of aliphatic hydroxyl groups excluding tert-OH is 1. The van der Waals surface area contributed by atoms with Crippen molar-refractivity contribution in [3.63, 3.8) is 0 Å². The van der Waals surface area contributed by atoms with Crippen LogP contribution in [0.4, 0.5) is 10.5 Å². The zero-order chi connectivity index (χ0) is 16.8. The monoisotopic (exact) mass is 306 g/mol. The fraction of sp³-hybridized carbons (Fsp3) is 0.471. The van der Waals surface area contributed by atoms with E-state index < -0.39 is 6.10 Å². The second kappa shape index (κ2) is 7.84. The van der Waals surface area contributed by atoms with Crippen LogP contribution in [0.3, 0.4) is 0 Å². The molecule has 1 unspecified atom stereocenters. The van der Waals surface area contributed by atoms with Crippen LogP contribution >= 0.6 is 0 Å². The Morgan fingerprint density at radius 1 is 1.41 bits per heavy atom. The quantitative estimate of drug-likeness (QED) is 0.707. The number of carbonyl (C=O) groups is 1. The Bertz CT molecular complexity index is 521. The molecule has 0 aliphatic rings. The van der Waals surface area contributed by atoms with Crippen molar-refractivity contribution in [2.75, 3.05) is 18.5 Å². The van der Waals surface area contributed by atoms with E-state index in [1.165, 1.54) is 0 Å². The molecule has 2 amide bonds. The van der Waals surface area contributed by atoms with E-state index in [-0.39, 0.29) is 18.0 Å². The fourth-order valence-corrected chi connectivity index (χ4v) is 1.54. The van der Waals surface area contributed by atoms with Crippen molar-refractivity contribution >= 4 is 11.7 Å². The Hall–Kier alpha value is -2.01. The lowest BCUT2D eigenvalue weighted by atomic mass is 9.89. The van der Waals surface area contributed by atoms with E-state index in [2.05, 4.69) is 17.2 Å². The molecule has 0 radical (unpaired) electrons. The molecule has 1 aromatic carbocycles. The molecule has 0 heterocycles. The van der Waals surface area contributed by atoms with Crippen LogP contribution in [-0.2, 0) is 0 Å². The fourth-order valence-electron chi connectivity index (χ4n) is 1.54. The molecular formula is C17H26N2O3. The molecule has 22 heavy (non-hydrogen) atoms. The number of amides is 2. The van der Waals surface area contributed by atoms with Crippen LogP contribution in [-0.4, -0.2) is 30.4 Å². The van der Waals surface area contributed by atoms with Gasteiger partial charge in [-0.1, -0.05) is 33.4 Å². The Balaban J connectivity index is 2.50. The number of nitrogens with one attached hydrogen (secondary N) is 2. The minimum absolute atomic E-state index is 0.196. The van der Waals surface area contributed by atoms with Crippen LogP contribution in [0.5, 0.6) is 5.75 Å². The van der Waals surface area contributed by atoms with Gasteiger partial charge in [-0.05, 0) is 30.0 Å². The summed E-state index contributed by atoms with van der Waals surface area (Å²) in [5.41, 5.74) is 1.28. The highest BCUT2D eigenvalue weighted by atomic mass is 16.5. The summed E-state index contributed by atoms with van der Waals surface area (Å²) in [5, 5.41) is 15.3. The smallest absolute Gasteiger partial charge is 0.319 e. The molecule has 0 bridgehead atoms. The van der Waals surface area contributed by atoms with Gasteiger partial charge < -0.3 is 20.5 Å². The highest BCUT2D eigenvalue weighted by Crippen LogP contribution is 2.19. The number of rotatable bonds is 6. The Labute approximate surface area is 132 Å². The van der Waals surface area contributed by atoms with Crippen molar-refractivity contribution in [2.45, 2.75) is 33.8 Å². The first-order valence-corrected chi connectivity index (χ1v) is 7.28. The molecule has 0 aliphatic carbocycles. The number of hydrogen-bond donors (Lipinski definition) is 3.